The number of rotatable bonds is 5. The van der Waals surface area contributed by atoms with E-state index in [1.807, 2.05) is 0 Å². The molecule has 0 aliphatic carbocycles. The summed E-state index contributed by atoms with van der Waals surface area (Å²) in [7, 11) is 0. The minimum Gasteiger partial charge on any atom is -0.475 e. The molecule has 0 saturated carbocycles. The van der Waals surface area contributed by atoms with Gasteiger partial charge in [-0.25, -0.2) is 9.78 Å². The molecule has 0 radical (unpaired) electrons. The zero-order chi connectivity index (χ0) is 27.2. The summed E-state index contributed by atoms with van der Waals surface area (Å²) in [6.07, 6.45) is -6.43. The second-order valence-corrected chi connectivity index (χ2v) is 8.10. The number of hydrogen-bond acceptors (Lipinski definition) is 6. The van der Waals surface area contributed by atoms with Crippen molar-refractivity contribution < 1.29 is 41.0 Å². The van der Waals surface area contributed by atoms with Crippen molar-refractivity contribution in [3.63, 3.8) is 0 Å². The van der Waals surface area contributed by atoms with Crippen LogP contribution in [-0.2, 0) is 17.5 Å². The fraction of sp³-hybridized carbons (Fsp3) is 0.136. The largest absolute Gasteiger partial charge is 0.490 e. The minimum atomic E-state index is -5.08. The third-order valence-corrected chi connectivity index (χ3v) is 5.61. The average molecular weight is 543 g/mol. The van der Waals surface area contributed by atoms with E-state index in [0.29, 0.717) is 28.5 Å². The topological polar surface area (TPSA) is 121 Å². The number of benzene rings is 1. The summed E-state index contributed by atoms with van der Waals surface area (Å²) in [5, 5.41) is 16.5. The number of aromatic nitrogens is 4. The Morgan fingerprint density at radius 3 is 2.16 bits per heavy atom. The summed E-state index contributed by atoms with van der Waals surface area (Å²) >= 11 is 0.416. The van der Waals surface area contributed by atoms with Gasteiger partial charge in [-0.05, 0) is 23.8 Å². The van der Waals surface area contributed by atoms with Crippen molar-refractivity contribution in [1.29, 1.82) is 0 Å². The van der Waals surface area contributed by atoms with Gasteiger partial charge < -0.3 is 10.4 Å². The van der Waals surface area contributed by atoms with Crippen LogP contribution in [-0.4, -0.2) is 43.3 Å². The maximum absolute atomic E-state index is 13.5. The quantitative estimate of drug-likeness (QED) is 0.299. The fourth-order valence-electron chi connectivity index (χ4n) is 2.80. The highest BCUT2D eigenvalue weighted by molar-refractivity contribution is 7.14. The van der Waals surface area contributed by atoms with Gasteiger partial charge in [0, 0.05) is 23.5 Å². The van der Waals surface area contributed by atoms with E-state index in [1.54, 1.807) is 54.9 Å². The number of nitrogens with one attached hydrogen (secondary N) is 2. The Kier molecular flexibility index (Phi) is 8.27. The molecular weight excluding hydrogens is 528 g/mol. The Morgan fingerprint density at radius 1 is 0.973 bits per heavy atom. The molecular formula is C22H15F6N5O3S. The predicted molar refractivity (Wildman–Crippen MR) is 119 cm³/mol. The lowest BCUT2D eigenvalue weighted by Crippen LogP contribution is -2.22. The van der Waals surface area contributed by atoms with Gasteiger partial charge in [0.1, 0.15) is 10.7 Å². The van der Waals surface area contributed by atoms with Crippen LogP contribution in [0.2, 0.25) is 0 Å². The van der Waals surface area contributed by atoms with Gasteiger partial charge in [-0.3, -0.25) is 14.9 Å². The number of alkyl halides is 6. The van der Waals surface area contributed by atoms with E-state index in [2.05, 4.69) is 25.5 Å². The highest BCUT2D eigenvalue weighted by Gasteiger charge is 2.38. The van der Waals surface area contributed by atoms with Crippen LogP contribution in [0.5, 0.6) is 0 Å². The molecule has 3 aromatic heterocycles. The summed E-state index contributed by atoms with van der Waals surface area (Å²) in [5.41, 5.74) is 1.13. The highest BCUT2D eigenvalue weighted by atomic mass is 32.1. The third-order valence-electron chi connectivity index (χ3n) is 4.43. The average Bonchev–Trinajstić information content (AvgIpc) is 3.51. The molecule has 0 saturated heterocycles. The number of amides is 1. The first-order valence-electron chi connectivity index (χ1n) is 10.0. The van der Waals surface area contributed by atoms with Gasteiger partial charge in [0.25, 0.3) is 5.91 Å². The second-order valence-electron chi connectivity index (χ2n) is 7.04. The van der Waals surface area contributed by atoms with Crippen molar-refractivity contribution in [2.24, 2.45) is 0 Å². The first kappa shape index (κ1) is 27.3. The minimum absolute atomic E-state index is 0.00314. The second kappa shape index (κ2) is 11.2. The number of carboxylic acid groups (broad SMARTS) is 1. The van der Waals surface area contributed by atoms with Crippen LogP contribution in [0.15, 0.2) is 60.9 Å². The smallest absolute Gasteiger partial charge is 0.475 e. The number of H-pyrrole nitrogens is 1. The molecule has 0 fully saturated rings. The number of pyridine rings is 1. The van der Waals surface area contributed by atoms with Crippen LogP contribution < -0.4 is 5.32 Å². The number of thiophene rings is 1. The van der Waals surface area contributed by atoms with E-state index >= 15 is 0 Å². The molecule has 0 atom stereocenters. The molecule has 3 heterocycles. The van der Waals surface area contributed by atoms with Gasteiger partial charge in [-0.2, -0.15) is 31.4 Å². The van der Waals surface area contributed by atoms with Gasteiger partial charge >= 0.3 is 18.3 Å². The van der Waals surface area contributed by atoms with Crippen molar-refractivity contribution in [3.05, 3.63) is 76.5 Å². The molecule has 3 N–H and O–H groups in total. The number of hydrogen-bond donors (Lipinski definition) is 3. The molecule has 4 aromatic rings. The van der Waals surface area contributed by atoms with Crippen LogP contribution in [0.3, 0.4) is 0 Å². The van der Waals surface area contributed by atoms with E-state index in [1.165, 1.54) is 6.07 Å². The van der Waals surface area contributed by atoms with Crippen molar-refractivity contribution in [1.82, 2.24) is 25.5 Å². The van der Waals surface area contributed by atoms with Crippen molar-refractivity contribution >= 4 is 23.2 Å². The van der Waals surface area contributed by atoms with Crippen LogP contribution in [0.1, 0.15) is 20.4 Å². The van der Waals surface area contributed by atoms with Crippen LogP contribution in [0.4, 0.5) is 26.3 Å². The van der Waals surface area contributed by atoms with E-state index < -0.39 is 29.1 Å². The maximum Gasteiger partial charge on any atom is 0.490 e. The molecule has 0 aliphatic rings. The zero-order valence-corrected chi connectivity index (χ0v) is 19.1. The Bertz CT molecular complexity index is 1350. The standard InChI is InChI=1S/C20H14F3N5OS.C2HF3O2/c21-20(22,23)17-14(12-4-2-1-3-5-12)10-15(30-17)19(29)25-11-16-26-18(28-27-16)13-6-8-24-9-7-13;3-2(4,5)1(6)7/h1-10H,11H2,(H,25,29)(H,26,27,28);(H,6,7). The van der Waals surface area contributed by atoms with Gasteiger partial charge in [0.05, 0.1) is 11.4 Å². The zero-order valence-electron chi connectivity index (χ0n) is 18.3. The molecule has 37 heavy (non-hydrogen) atoms. The SMILES string of the molecule is O=C(NCc1nc(-c2ccncc2)n[nH]1)c1cc(-c2ccccc2)c(C(F)(F)F)s1.O=C(O)C(F)(F)F. The van der Waals surface area contributed by atoms with Crippen molar-refractivity contribution in [2.45, 2.75) is 18.9 Å². The van der Waals surface area contributed by atoms with E-state index in [0.717, 1.165) is 5.56 Å². The number of halogens is 6. The predicted octanol–water partition coefficient (Wildman–Crippen LogP) is 5.18. The van der Waals surface area contributed by atoms with Crippen molar-refractivity contribution in [2.75, 3.05) is 0 Å². The lowest BCUT2D eigenvalue weighted by molar-refractivity contribution is -0.192. The molecule has 1 aromatic carbocycles. The molecule has 0 unspecified atom stereocenters. The molecule has 1 amide bonds. The fourth-order valence-corrected chi connectivity index (χ4v) is 3.77. The Labute approximate surface area is 208 Å². The highest BCUT2D eigenvalue weighted by Crippen LogP contribution is 2.42. The van der Waals surface area contributed by atoms with Gasteiger partial charge in [-0.1, -0.05) is 30.3 Å². The molecule has 0 spiro atoms. The maximum atomic E-state index is 13.5. The molecule has 15 heteroatoms. The molecule has 8 nitrogen and oxygen atoms in total. The molecule has 0 aliphatic heterocycles. The molecule has 4 rings (SSSR count). The summed E-state index contributed by atoms with van der Waals surface area (Å²) < 4.78 is 72.2. The summed E-state index contributed by atoms with van der Waals surface area (Å²) in [4.78, 5) is 28.7. The Morgan fingerprint density at radius 2 is 1.59 bits per heavy atom. The number of carbonyl (C=O) groups excluding carboxylic acids is 1. The van der Waals surface area contributed by atoms with Crippen LogP contribution in [0.25, 0.3) is 22.5 Å². The summed E-state index contributed by atoms with van der Waals surface area (Å²) in [6, 6.07) is 12.9. The Hall–Kier alpha value is -4.27. The molecule has 0 bridgehead atoms. The first-order chi connectivity index (χ1) is 17.4. The Balaban J connectivity index is 0.000000479. The number of aromatic amines is 1. The number of nitrogens with zero attached hydrogens (tertiary/aromatic N) is 3. The summed E-state index contributed by atoms with van der Waals surface area (Å²) in [6.45, 7) is -0.00314. The summed E-state index contributed by atoms with van der Waals surface area (Å²) in [5.74, 6) is -2.56. The lowest BCUT2D eigenvalue weighted by Gasteiger charge is -2.07. The van der Waals surface area contributed by atoms with Gasteiger partial charge in [0.2, 0.25) is 0 Å². The van der Waals surface area contributed by atoms with E-state index in [9.17, 15) is 31.1 Å². The van der Waals surface area contributed by atoms with E-state index in [-0.39, 0.29) is 17.0 Å². The first-order valence-corrected chi connectivity index (χ1v) is 10.8. The lowest BCUT2D eigenvalue weighted by atomic mass is 10.1. The monoisotopic (exact) mass is 543 g/mol. The van der Waals surface area contributed by atoms with Crippen LogP contribution in [0, 0.1) is 0 Å². The van der Waals surface area contributed by atoms with Gasteiger partial charge in [0.15, 0.2) is 5.82 Å². The van der Waals surface area contributed by atoms with E-state index in [4.69, 9.17) is 9.90 Å². The van der Waals surface area contributed by atoms with Gasteiger partial charge in [-0.15, -0.1) is 11.3 Å². The third kappa shape index (κ3) is 7.36. The van der Waals surface area contributed by atoms with Crippen molar-refractivity contribution in [3.8, 4) is 22.5 Å². The van der Waals surface area contributed by atoms with Crippen LogP contribution >= 0.6 is 11.3 Å². The number of aliphatic carboxylic acids is 1. The number of carbonyl (C=O) groups is 2. The normalized spacial score (nSPS) is 11.4. The molecule has 194 valence electrons. The number of carboxylic acids is 1.